The van der Waals surface area contributed by atoms with E-state index in [4.69, 9.17) is 4.74 Å². The zero-order valence-electron chi connectivity index (χ0n) is 17.9. The summed E-state index contributed by atoms with van der Waals surface area (Å²) in [5.74, 6) is 0. The molecule has 0 radical (unpaired) electrons. The van der Waals surface area contributed by atoms with E-state index < -0.39 is 5.60 Å². The van der Waals surface area contributed by atoms with Crippen molar-refractivity contribution in [2.45, 2.75) is 98.8 Å². The van der Waals surface area contributed by atoms with E-state index in [9.17, 15) is 5.11 Å². The van der Waals surface area contributed by atoms with E-state index in [0.717, 1.165) is 19.6 Å². The van der Waals surface area contributed by atoms with E-state index in [0.29, 0.717) is 12.1 Å². The number of nitrogens with one attached hydrogen (secondary N) is 1. The van der Waals surface area contributed by atoms with E-state index in [1.54, 1.807) is 20.8 Å². The summed E-state index contributed by atoms with van der Waals surface area (Å²) in [6.45, 7) is 21.2. The first-order valence-electron chi connectivity index (χ1n) is 8.38. The fourth-order valence-corrected chi connectivity index (χ4v) is 1.18. The van der Waals surface area contributed by atoms with Gasteiger partial charge in [0, 0.05) is 25.3 Å². The van der Waals surface area contributed by atoms with E-state index in [1.165, 1.54) is 19.3 Å². The Morgan fingerprint density at radius 1 is 1.04 bits per heavy atom. The van der Waals surface area contributed by atoms with E-state index in [1.807, 2.05) is 0 Å². The Labute approximate surface area is 202 Å². The van der Waals surface area contributed by atoms with Crippen LogP contribution in [-0.2, 0) is 4.74 Å². The second-order valence-electron chi connectivity index (χ2n) is 6.76. The quantitative estimate of drug-likeness (QED) is 0.472. The Morgan fingerprint density at radius 3 is 1.35 bits per heavy atom. The summed E-state index contributed by atoms with van der Waals surface area (Å²) in [6, 6.07) is 1.25. The molecule has 132 valence electrons. The average Bonchev–Trinajstić information content (AvgIpc) is 2.83. The van der Waals surface area contributed by atoms with Gasteiger partial charge in [0.1, 0.15) is 0 Å². The fraction of sp³-hybridized carbons (Fsp3) is 0.944. The minimum Gasteiger partial charge on any atom is -0.850 e. The number of ether oxygens (including phenoxy) is 1. The van der Waals surface area contributed by atoms with Gasteiger partial charge in [0.2, 0.25) is 0 Å². The fourth-order valence-electron chi connectivity index (χ4n) is 1.18. The molecule has 3 nitrogen and oxygen atoms in total. The minimum atomic E-state index is -0.750. The summed E-state index contributed by atoms with van der Waals surface area (Å²) >= 11 is 0. The molecular weight excluding hydrogens is 308 g/mol. The molecule has 0 unspecified atom stereocenters. The Kier molecular flexibility index (Phi) is 41.3. The number of hydrogen-bond donors (Lipinski definition) is 1. The predicted octanol–water partition coefficient (Wildman–Crippen LogP) is -2.04. The molecule has 1 aliphatic heterocycles. The van der Waals surface area contributed by atoms with Crippen molar-refractivity contribution >= 4 is 0 Å². The first kappa shape index (κ1) is 36.1. The van der Waals surface area contributed by atoms with E-state index in [2.05, 4.69) is 46.9 Å². The molecule has 1 fully saturated rings. The zero-order valence-corrected chi connectivity index (χ0v) is 21.0. The van der Waals surface area contributed by atoms with Gasteiger partial charge in [0.25, 0.3) is 0 Å². The Bertz CT molecular complexity index is 161. The number of hydrogen-bond acceptors (Lipinski definition) is 3. The molecular formula is C18H41KLiNO2. The standard InChI is InChI=1S/C6H15N.C4H8O.C4H9O.C4H9.K.Li/c1-5(2)7-6(3)4;1-2-4-5-3-1;1-4(2,3)5;1-3-4-2;;/h5-7H,1-4H3;1-4H2;1-3H3;1,3-4H2,2H3;;/q;;2*-1;2*+1. The molecule has 0 saturated carbocycles. The molecule has 0 spiro atoms. The maximum absolute atomic E-state index is 10.1. The van der Waals surface area contributed by atoms with Crippen molar-refractivity contribution < 1.29 is 80.1 Å². The van der Waals surface area contributed by atoms with Crippen LogP contribution < -0.4 is 80.7 Å². The molecule has 0 aliphatic carbocycles. The molecule has 0 atom stereocenters. The average molecular weight is 350 g/mol. The second-order valence-corrected chi connectivity index (χ2v) is 6.76. The largest absolute Gasteiger partial charge is 1.00 e. The van der Waals surface area contributed by atoms with Crippen LogP contribution in [0.5, 0.6) is 0 Å². The van der Waals surface area contributed by atoms with Crippen LogP contribution in [0.3, 0.4) is 0 Å². The monoisotopic (exact) mass is 349 g/mol. The van der Waals surface area contributed by atoms with Crippen LogP contribution in [0.2, 0.25) is 0 Å². The van der Waals surface area contributed by atoms with Crippen molar-refractivity contribution in [3.8, 4) is 0 Å². The molecule has 23 heavy (non-hydrogen) atoms. The van der Waals surface area contributed by atoms with Crippen LogP contribution in [0.25, 0.3) is 0 Å². The third kappa shape index (κ3) is 80.4. The van der Waals surface area contributed by atoms with Crippen molar-refractivity contribution in [1.82, 2.24) is 5.32 Å². The topological polar surface area (TPSA) is 44.3 Å². The van der Waals surface area contributed by atoms with Crippen molar-refractivity contribution in [3.05, 3.63) is 6.92 Å². The molecule has 0 bridgehead atoms. The van der Waals surface area contributed by atoms with Gasteiger partial charge in [-0.3, -0.25) is 0 Å². The van der Waals surface area contributed by atoms with Gasteiger partial charge in [-0.05, 0) is 12.8 Å². The Balaban J connectivity index is -0.0000000620. The van der Waals surface area contributed by atoms with Crippen molar-refractivity contribution in [2.75, 3.05) is 13.2 Å². The normalized spacial score (nSPS) is 12.5. The van der Waals surface area contributed by atoms with Crippen molar-refractivity contribution in [1.29, 1.82) is 0 Å². The van der Waals surface area contributed by atoms with Crippen LogP contribution in [0, 0.1) is 6.92 Å². The Hall–Kier alpha value is 2.11. The van der Waals surface area contributed by atoms with Gasteiger partial charge >= 0.3 is 70.2 Å². The SMILES string of the molecule is C1CCOC1.CC(C)(C)[O-].CC(C)NC(C)C.[CH2-]CCC.[K+].[Li+]. The molecule has 0 amide bonds. The third-order valence-corrected chi connectivity index (χ3v) is 1.85. The van der Waals surface area contributed by atoms with Gasteiger partial charge in [-0.2, -0.15) is 6.42 Å². The number of rotatable bonds is 3. The molecule has 1 aliphatic rings. The second kappa shape index (κ2) is 26.3. The molecule has 1 N–H and O–H groups in total. The first-order chi connectivity index (χ1) is 9.54. The summed E-state index contributed by atoms with van der Waals surface area (Å²) in [5.41, 5.74) is -0.750. The van der Waals surface area contributed by atoms with E-state index in [-0.39, 0.29) is 70.2 Å². The molecule has 1 saturated heterocycles. The van der Waals surface area contributed by atoms with Crippen molar-refractivity contribution in [2.24, 2.45) is 0 Å². The maximum atomic E-state index is 10.1. The summed E-state index contributed by atoms with van der Waals surface area (Å²) in [4.78, 5) is 0. The molecule has 0 aromatic carbocycles. The van der Waals surface area contributed by atoms with Gasteiger partial charge < -0.3 is 22.1 Å². The van der Waals surface area contributed by atoms with Crippen LogP contribution in [0.15, 0.2) is 0 Å². The third-order valence-electron chi connectivity index (χ3n) is 1.85. The van der Waals surface area contributed by atoms with Gasteiger partial charge in [0.15, 0.2) is 0 Å². The van der Waals surface area contributed by atoms with Crippen molar-refractivity contribution in [3.63, 3.8) is 0 Å². The Morgan fingerprint density at radius 2 is 1.30 bits per heavy atom. The van der Waals surface area contributed by atoms with Crippen LogP contribution >= 0.6 is 0 Å². The van der Waals surface area contributed by atoms with Crippen LogP contribution in [0.4, 0.5) is 0 Å². The molecule has 0 aromatic rings. The summed E-state index contributed by atoms with van der Waals surface area (Å²) in [7, 11) is 0. The maximum Gasteiger partial charge on any atom is 1.00 e. The van der Waals surface area contributed by atoms with E-state index >= 15 is 0 Å². The smallest absolute Gasteiger partial charge is 0.850 e. The predicted molar refractivity (Wildman–Crippen MR) is 93.5 cm³/mol. The molecule has 1 rings (SSSR count). The van der Waals surface area contributed by atoms with Gasteiger partial charge in [-0.1, -0.05) is 61.8 Å². The van der Waals surface area contributed by atoms with Gasteiger partial charge in [-0.25, -0.2) is 0 Å². The molecule has 1 heterocycles. The van der Waals surface area contributed by atoms with Gasteiger partial charge in [0.05, 0.1) is 0 Å². The first-order valence-corrected chi connectivity index (χ1v) is 8.38. The zero-order chi connectivity index (χ0) is 17.3. The van der Waals surface area contributed by atoms with Crippen LogP contribution in [0.1, 0.15) is 81.1 Å². The van der Waals surface area contributed by atoms with Gasteiger partial charge in [-0.15, -0.1) is 5.60 Å². The number of unbranched alkanes of at least 4 members (excludes halogenated alkanes) is 1. The minimum absolute atomic E-state index is 0. The summed E-state index contributed by atoms with van der Waals surface area (Å²) < 4.78 is 4.94. The molecule has 5 heteroatoms. The molecule has 0 aromatic heterocycles. The van der Waals surface area contributed by atoms with Crippen LogP contribution in [-0.4, -0.2) is 30.9 Å². The summed E-state index contributed by atoms with van der Waals surface area (Å²) in [6.07, 6.45) is 4.83. The summed E-state index contributed by atoms with van der Waals surface area (Å²) in [5, 5.41) is 13.4.